The first kappa shape index (κ1) is 9.97. The zero-order valence-corrected chi connectivity index (χ0v) is 9.25. The van der Waals surface area contributed by atoms with E-state index >= 15 is 0 Å². The van der Waals surface area contributed by atoms with Crippen LogP contribution in [0.5, 0.6) is 0 Å². The molecule has 0 spiro atoms. The van der Waals surface area contributed by atoms with E-state index in [1.54, 1.807) is 6.33 Å². The molecule has 0 aliphatic rings. The number of nitrogens with one attached hydrogen (secondary N) is 1. The van der Waals surface area contributed by atoms with Crippen LogP contribution in [0.2, 0.25) is 0 Å². The number of imidazole rings is 1. The van der Waals surface area contributed by atoms with Gasteiger partial charge in [0.15, 0.2) is 0 Å². The number of hydrogen-bond acceptors (Lipinski definition) is 1. The maximum Gasteiger partial charge on any atom is 0.0925 e. The summed E-state index contributed by atoms with van der Waals surface area (Å²) in [5, 5.41) is 0. The lowest BCUT2D eigenvalue weighted by Crippen LogP contribution is -1.95. The Morgan fingerprint density at radius 3 is 2.60 bits per heavy atom. The Balaban J connectivity index is 2.06. The SMILES string of the molecule is Cc1ccccc1CCc1nc[nH]c1C. The van der Waals surface area contributed by atoms with E-state index in [1.807, 2.05) is 0 Å². The summed E-state index contributed by atoms with van der Waals surface area (Å²) < 4.78 is 0. The first-order valence-electron chi connectivity index (χ1n) is 5.30. The quantitative estimate of drug-likeness (QED) is 0.811. The van der Waals surface area contributed by atoms with Gasteiger partial charge in [0.25, 0.3) is 0 Å². The highest BCUT2D eigenvalue weighted by atomic mass is 14.9. The molecule has 0 fully saturated rings. The maximum atomic E-state index is 4.30. The zero-order valence-electron chi connectivity index (χ0n) is 9.25. The molecule has 0 radical (unpaired) electrons. The van der Waals surface area contributed by atoms with E-state index in [0.29, 0.717) is 0 Å². The molecule has 0 saturated carbocycles. The Morgan fingerprint density at radius 2 is 1.93 bits per heavy atom. The minimum Gasteiger partial charge on any atom is -0.348 e. The number of benzene rings is 1. The van der Waals surface area contributed by atoms with Gasteiger partial charge in [-0.25, -0.2) is 4.98 Å². The van der Waals surface area contributed by atoms with Crippen molar-refractivity contribution < 1.29 is 0 Å². The van der Waals surface area contributed by atoms with E-state index in [2.05, 4.69) is 48.1 Å². The molecule has 0 aliphatic carbocycles. The van der Waals surface area contributed by atoms with Crippen molar-refractivity contribution >= 4 is 0 Å². The second kappa shape index (κ2) is 4.30. The summed E-state index contributed by atoms with van der Waals surface area (Å²) in [6, 6.07) is 8.53. The molecule has 2 rings (SSSR count). The molecule has 0 aliphatic heterocycles. The minimum atomic E-state index is 1.01. The van der Waals surface area contributed by atoms with Crippen molar-refractivity contribution in [3.63, 3.8) is 0 Å². The smallest absolute Gasteiger partial charge is 0.0925 e. The van der Waals surface area contributed by atoms with Crippen LogP contribution in [0.4, 0.5) is 0 Å². The highest BCUT2D eigenvalue weighted by Gasteiger charge is 2.02. The average Bonchev–Trinajstić information content (AvgIpc) is 2.63. The second-order valence-electron chi connectivity index (χ2n) is 3.90. The first-order chi connectivity index (χ1) is 7.27. The fourth-order valence-corrected chi connectivity index (χ4v) is 1.78. The third-order valence-electron chi connectivity index (χ3n) is 2.83. The van der Waals surface area contributed by atoms with Crippen LogP contribution in [-0.2, 0) is 12.8 Å². The van der Waals surface area contributed by atoms with Gasteiger partial charge < -0.3 is 4.98 Å². The summed E-state index contributed by atoms with van der Waals surface area (Å²) in [6.07, 6.45) is 3.85. The van der Waals surface area contributed by atoms with Crippen molar-refractivity contribution in [1.29, 1.82) is 0 Å². The summed E-state index contributed by atoms with van der Waals surface area (Å²) in [7, 11) is 0. The molecule has 1 aromatic carbocycles. The second-order valence-corrected chi connectivity index (χ2v) is 3.90. The summed E-state index contributed by atoms with van der Waals surface area (Å²) in [4.78, 5) is 7.41. The number of aromatic nitrogens is 2. The van der Waals surface area contributed by atoms with Crippen LogP contribution < -0.4 is 0 Å². The van der Waals surface area contributed by atoms with Crippen LogP contribution in [0, 0.1) is 13.8 Å². The normalized spacial score (nSPS) is 10.5. The van der Waals surface area contributed by atoms with Crippen molar-refractivity contribution in [2.45, 2.75) is 26.7 Å². The molecular weight excluding hydrogens is 184 g/mol. The molecule has 0 amide bonds. The van der Waals surface area contributed by atoms with E-state index in [9.17, 15) is 0 Å². The highest BCUT2D eigenvalue weighted by molar-refractivity contribution is 5.26. The van der Waals surface area contributed by atoms with Gasteiger partial charge in [-0.1, -0.05) is 24.3 Å². The predicted molar refractivity (Wildman–Crippen MR) is 61.9 cm³/mol. The van der Waals surface area contributed by atoms with Gasteiger partial charge in [-0.05, 0) is 37.8 Å². The Labute approximate surface area is 90.4 Å². The van der Waals surface area contributed by atoms with Gasteiger partial charge in [0.05, 0.1) is 12.0 Å². The van der Waals surface area contributed by atoms with Gasteiger partial charge in [-0.15, -0.1) is 0 Å². The lowest BCUT2D eigenvalue weighted by Gasteiger charge is -2.04. The lowest BCUT2D eigenvalue weighted by atomic mass is 10.0. The lowest BCUT2D eigenvalue weighted by molar-refractivity contribution is 0.906. The van der Waals surface area contributed by atoms with Crippen molar-refractivity contribution in [2.75, 3.05) is 0 Å². The molecule has 0 atom stereocenters. The number of rotatable bonds is 3. The van der Waals surface area contributed by atoms with Crippen LogP contribution in [-0.4, -0.2) is 9.97 Å². The van der Waals surface area contributed by atoms with Gasteiger partial charge in [-0.2, -0.15) is 0 Å². The molecule has 2 aromatic rings. The van der Waals surface area contributed by atoms with Crippen LogP contribution >= 0.6 is 0 Å². The molecular formula is C13H16N2. The molecule has 1 aromatic heterocycles. The van der Waals surface area contributed by atoms with Crippen LogP contribution in [0.3, 0.4) is 0 Å². The van der Waals surface area contributed by atoms with Crippen LogP contribution in [0.15, 0.2) is 30.6 Å². The van der Waals surface area contributed by atoms with E-state index in [4.69, 9.17) is 0 Å². The topological polar surface area (TPSA) is 28.7 Å². The Bertz CT molecular complexity index is 443. The van der Waals surface area contributed by atoms with Crippen molar-refractivity contribution in [2.24, 2.45) is 0 Å². The predicted octanol–water partition coefficient (Wildman–Crippen LogP) is 2.81. The van der Waals surface area contributed by atoms with Gasteiger partial charge >= 0.3 is 0 Å². The standard InChI is InChI=1S/C13H16N2/c1-10-5-3-4-6-12(10)7-8-13-11(2)14-9-15-13/h3-6,9H,7-8H2,1-2H3,(H,14,15). The van der Waals surface area contributed by atoms with Crippen molar-refractivity contribution in [1.82, 2.24) is 9.97 Å². The highest BCUT2D eigenvalue weighted by Crippen LogP contribution is 2.11. The Kier molecular flexibility index (Phi) is 2.86. The minimum absolute atomic E-state index is 1.01. The molecule has 2 nitrogen and oxygen atoms in total. The third-order valence-corrected chi connectivity index (χ3v) is 2.83. The molecule has 0 unspecified atom stereocenters. The van der Waals surface area contributed by atoms with Crippen molar-refractivity contribution in [3.05, 3.63) is 53.1 Å². The van der Waals surface area contributed by atoms with E-state index in [-0.39, 0.29) is 0 Å². The summed E-state index contributed by atoms with van der Waals surface area (Å²) in [5.41, 5.74) is 5.15. The summed E-state index contributed by atoms with van der Waals surface area (Å²) >= 11 is 0. The Hall–Kier alpha value is -1.57. The number of nitrogens with zero attached hydrogens (tertiary/aromatic N) is 1. The van der Waals surface area contributed by atoms with E-state index in [0.717, 1.165) is 12.8 Å². The third kappa shape index (κ3) is 2.27. The van der Waals surface area contributed by atoms with Gasteiger partial charge in [0, 0.05) is 5.69 Å². The zero-order chi connectivity index (χ0) is 10.7. The van der Waals surface area contributed by atoms with Crippen LogP contribution in [0.25, 0.3) is 0 Å². The Morgan fingerprint density at radius 1 is 1.13 bits per heavy atom. The fourth-order valence-electron chi connectivity index (χ4n) is 1.78. The number of aryl methyl sites for hydroxylation is 4. The van der Waals surface area contributed by atoms with E-state index < -0.39 is 0 Å². The fraction of sp³-hybridized carbons (Fsp3) is 0.308. The molecule has 78 valence electrons. The van der Waals surface area contributed by atoms with Gasteiger partial charge in [-0.3, -0.25) is 0 Å². The summed E-state index contributed by atoms with van der Waals surface area (Å²) in [5.74, 6) is 0. The molecule has 0 bridgehead atoms. The molecule has 0 saturated heterocycles. The average molecular weight is 200 g/mol. The monoisotopic (exact) mass is 200 g/mol. The molecule has 2 heteroatoms. The largest absolute Gasteiger partial charge is 0.348 e. The van der Waals surface area contributed by atoms with Crippen molar-refractivity contribution in [3.8, 4) is 0 Å². The van der Waals surface area contributed by atoms with Gasteiger partial charge in [0.2, 0.25) is 0 Å². The van der Waals surface area contributed by atoms with E-state index in [1.165, 1.54) is 22.5 Å². The van der Waals surface area contributed by atoms with Crippen LogP contribution in [0.1, 0.15) is 22.5 Å². The maximum absolute atomic E-state index is 4.30. The number of aromatic amines is 1. The van der Waals surface area contributed by atoms with Gasteiger partial charge in [0.1, 0.15) is 0 Å². The summed E-state index contributed by atoms with van der Waals surface area (Å²) in [6.45, 7) is 4.23. The molecule has 15 heavy (non-hydrogen) atoms. The molecule has 1 N–H and O–H groups in total. The number of hydrogen-bond donors (Lipinski definition) is 1. The number of H-pyrrole nitrogens is 1. The molecule has 1 heterocycles. The first-order valence-corrected chi connectivity index (χ1v) is 5.30.